The van der Waals surface area contributed by atoms with Crippen LogP contribution in [-0.2, 0) is 4.74 Å². The van der Waals surface area contributed by atoms with Crippen LogP contribution in [-0.4, -0.2) is 15.8 Å². The van der Waals surface area contributed by atoms with Crippen LogP contribution < -0.4 is 0 Å². The van der Waals surface area contributed by atoms with Gasteiger partial charge in [-0.15, -0.1) is 0 Å². The van der Waals surface area contributed by atoms with E-state index in [-0.39, 0.29) is 12.0 Å². The number of halogens is 3. The Kier molecular flexibility index (Phi) is 5.77. The second-order valence-corrected chi connectivity index (χ2v) is 4.77. The molecule has 2 nitrogen and oxygen atoms in total. The molecular formula is C8H12Cl3NO. The third-order valence-electron chi connectivity index (χ3n) is 1.20. The Morgan fingerprint density at radius 3 is 2.46 bits per heavy atom. The molecule has 0 aromatic rings. The Balaban J connectivity index is 4.00. The highest BCUT2D eigenvalue weighted by Crippen LogP contribution is 2.28. The predicted molar refractivity (Wildman–Crippen MR) is 58.0 cm³/mol. The monoisotopic (exact) mass is 243 g/mol. The molecule has 0 saturated carbocycles. The summed E-state index contributed by atoms with van der Waals surface area (Å²) in [5, 5.41) is 7.25. The standard InChI is InChI=1S/C8H12Cl3NO/c1-3-4-5-6(2)13-7(12)8(9,10)11/h4-6,12H,3H2,1-2H3/b5-4+,12-7?. The highest BCUT2D eigenvalue weighted by Gasteiger charge is 2.29. The topological polar surface area (TPSA) is 33.1 Å². The summed E-state index contributed by atoms with van der Waals surface area (Å²) in [6.07, 6.45) is 4.40. The van der Waals surface area contributed by atoms with E-state index in [1.54, 1.807) is 6.92 Å². The van der Waals surface area contributed by atoms with Crippen molar-refractivity contribution >= 4 is 40.7 Å². The van der Waals surface area contributed by atoms with Gasteiger partial charge in [0.15, 0.2) is 0 Å². The molecule has 1 atom stereocenters. The molecule has 76 valence electrons. The summed E-state index contributed by atoms with van der Waals surface area (Å²) in [6.45, 7) is 3.78. The average molecular weight is 245 g/mol. The Bertz CT molecular complexity index is 198. The first kappa shape index (κ1) is 13.1. The van der Waals surface area contributed by atoms with Gasteiger partial charge in [0.2, 0.25) is 5.90 Å². The number of nitrogens with one attached hydrogen (secondary N) is 1. The Morgan fingerprint density at radius 1 is 1.54 bits per heavy atom. The quantitative estimate of drug-likeness (QED) is 0.349. The Labute approximate surface area is 93.3 Å². The molecule has 0 rings (SSSR count). The van der Waals surface area contributed by atoms with Crippen molar-refractivity contribution in [1.82, 2.24) is 0 Å². The van der Waals surface area contributed by atoms with E-state index < -0.39 is 3.79 Å². The molecule has 0 saturated heterocycles. The lowest BCUT2D eigenvalue weighted by Gasteiger charge is -2.16. The van der Waals surface area contributed by atoms with Crippen LogP contribution in [0, 0.1) is 5.41 Å². The van der Waals surface area contributed by atoms with Gasteiger partial charge in [0, 0.05) is 0 Å². The second-order valence-electron chi connectivity index (χ2n) is 2.49. The van der Waals surface area contributed by atoms with Crippen LogP contribution in [0.2, 0.25) is 0 Å². The van der Waals surface area contributed by atoms with E-state index in [1.807, 2.05) is 19.1 Å². The van der Waals surface area contributed by atoms with Crippen molar-refractivity contribution in [2.75, 3.05) is 0 Å². The maximum atomic E-state index is 7.25. The Morgan fingerprint density at radius 2 is 2.08 bits per heavy atom. The maximum absolute atomic E-state index is 7.25. The molecule has 0 aliphatic heterocycles. The van der Waals surface area contributed by atoms with Crippen molar-refractivity contribution in [1.29, 1.82) is 5.41 Å². The van der Waals surface area contributed by atoms with Gasteiger partial charge in [0.05, 0.1) is 0 Å². The van der Waals surface area contributed by atoms with E-state index in [0.717, 1.165) is 6.42 Å². The lowest BCUT2D eigenvalue weighted by Crippen LogP contribution is -2.24. The van der Waals surface area contributed by atoms with Crippen molar-refractivity contribution < 1.29 is 4.74 Å². The van der Waals surface area contributed by atoms with Crippen LogP contribution >= 0.6 is 34.8 Å². The number of alkyl halides is 3. The molecule has 0 fully saturated rings. The summed E-state index contributed by atoms with van der Waals surface area (Å²) >= 11 is 16.3. The van der Waals surface area contributed by atoms with E-state index in [0.29, 0.717) is 0 Å². The third-order valence-corrected chi connectivity index (χ3v) is 1.72. The molecule has 0 aromatic heterocycles. The van der Waals surface area contributed by atoms with E-state index in [2.05, 4.69) is 0 Å². The zero-order chi connectivity index (χ0) is 10.5. The number of ether oxygens (including phenoxy) is 1. The van der Waals surface area contributed by atoms with Crippen molar-refractivity contribution in [3.8, 4) is 0 Å². The first-order valence-electron chi connectivity index (χ1n) is 3.87. The minimum Gasteiger partial charge on any atom is -0.471 e. The molecule has 1 N–H and O–H groups in total. The minimum atomic E-state index is -1.77. The molecule has 0 aromatic carbocycles. The first-order chi connectivity index (χ1) is 5.88. The number of allylic oxidation sites excluding steroid dienone is 1. The molecule has 0 radical (unpaired) electrons. The maximum Gasteiger partial charge on any atom is 0.265 e. The minimum absolute atomic E-state index is 0.247. The molecule has 0 heterocycles. The molecule has 0 aliphatic carbocycles. The summed E-state index contributed by atoms with van der Waals surface area (Å²) in [4.78, 5) is 0. The smallest absolute Gasteiger partial charge is 0.265 e. The summed E-state index contributed by atoms with van der Waals surface area (Å²) in [5.74, 6) is -0.356. The van der Waals surface area contributed by atoms with Crippen LogP contribution in [0.5, 0.6) is 0 Å². The zero-order valence-electron chi connectivity index (χ0n) is 7.48. The Hall–Kier alpha value is 0.0800. The second kappa shape index (κ2) is 5.74. The highest BCUT2D eigenvalue weighted by molar-refractivity contribution is 6.76. The van der Waals surface area contributed by atoms with Gasteiger partial charge < -0.3 is 4.74 Å². The van der Waals surface area contributed by atoms with E-state index >= 15 is 0 Å². The van der Waals surface area contributed by atoms with Crippen molar-refractivity contribution in [3.05, 3.63) is 12.2 Å². The fourth-order valence-electron chi connectivity index (χ4n) is 0.620. The number of hydrogen-bond donors (Lipinski definition) is 1. The molecule has 13 heavy (non-hydrogen) atoms. The third kappa shape index (κ3) is 6.19. The molecule has 0 bridgehead atoms. The largest absolute Gasteiger partial charge is 0.471 e. The summed E-state index contributed by atoms with van der Waals surface area (Å²) in [7, 11) is 0. The van der Waals surface area contributed by atoms with Gasteiger partial charge in [0.1, 0.15) is 6.10 Å². The number of rotatable bonds is 3. The first-order valence-corrected chi connectivity index (χ1v) is 5.00. The highest BCUT2D eigenvalue weighted by atomic mass is 35.6. The van der Waals surface area contributed by atoms with Gasteiger partial charge in [-0.2, -0.15) is 0 Å². The van der Waals surface area contributed by atoms with Crippen LogP contribution in [0.15, 0.2) is 12.2 Å². The predicted octanol–water partition coefficient (Wildman–Crippen LogP) is 3.71. The van der Waals surface area contributed by atoms with Gasteiger partial charge in [-0.3, -0.25) is 5.41 Å². The van der Waals surface area contributed by atoms with Crippen molar-refractivity contribution in [2.24, 2.45) is 0 Å². The molecule has 0 aliphatic rings. The molecular weight excluding hydrogens is 232 g/mol. The van der Waals surface area contributed by atoms with E-state index in [1.165, 1.54) is 0 Å². The fourth-order valence-corrected chi connectivity index (χ4v) is 0.753. The van der Waals surface area contributed by atoms with Crippen LogP contribution in [0.1, 0.15) is 20.3 Å². The van der Waals surface area contributed by atoms with Crippen LogP contribution in [0.25, 0.3) is 0 Å². The SMILES string of the molecule is CC/C=C/C(C)OC(=N)C(Cl)(Cl)Cl. The molecule has 0 amide bonds. The van der Waals surface area contributed by atoms with Crippen molar-refractivity contribution in [2.45, 2.75) is 30.2 Å². The van der Waals surface area contributed by atoms with Crippen LogP contribution in [0.3, 0.4) is 0 Å². The number of hydrogen-bond acceptors (Lipinski definition) is 2. The summed E-state index contributed by atoms with van der Waals surface area (Å²) in [5.41, 5.74) is 0. The molecule has 0 spiro atoms. The van der Waals surface area contributed by atoms with E-state index in [9.17, 15) is 0 Å². The van der Waals surface area contributed by atoms with Gasteiger partial charge in [-0.25, -0.2) is 0 Å². The van der Waals surface area contributed by atoms with Gasteiger partial charge in [-0.1, -0.05) is 47.8 Å². The van der Waals surface area contributed by atoms with Gasteiger partial charge >= 0.3 is 0 Å². The van der Waals surface area contributed by atoms with Crippen molar-refractivity contribution in [3.63, 3.8) is 0 Å². The summed E-state index contributed by atoms with van der Waals surface area (Å²) in [6, 6.07) is 0. The average Bonchev–Trinajstić information content (AvgIpc) is 1.99. The lowest BCUT2D eigenvalue weighted by molar-refractivity contribution is 0.248. The molecule has 5 heteroatoms. The fraction of sp³-hybridized carbons (Fsp3) is 0.625. The van der Waals surface area contributed by atoms with Gasteiger partial charge in [-0.05, 0) is 19.4 Å². The lowest BCUT2D eigenvalue weighted by atomic mass is 10.3. The normalized spacial score (nSPS) is 14.5. The van der Waals surface area contributed by atoms with E-state index in [4.69, 9.17) is 44.9 Å². The molecule has 1 unspecified atom stereocenters. The van der Waals surface area contributed by atoms with Crippen LogP contribution in [0.4, 0.5) is 0 Å². The zero-order valence-corrected chi connectivity index (χ0v) is 9.75. The summed E-state index contributed by atoms with van der Waals surface area (Å²) < 4.78 is 3.25. The van der Waals surface area contributed by atoms with Gasteiger partial charge in [0.25, 0.3) is 3.79 Å².